The van der Waals surface area contributed by atoms with Crippen LogP contribution in [-0.2, 0) is 0 Å². The number of carbonyl (C=O) groups excluding carboxylic acids is 1. The first-order chi connectivity index (χ1) is 6.72. The third-order valence-corrected chi connectivity index (χ3v) is 2.98. The highest BCUT2D eigenvalue weighted by Crippen LogP contribution is 2.32. The molecule has 0 atom stereocenters. The third kappa shape index (κ3) is 1.58. The second-order valence-corrected chi connectivity index (χ2v) is 4.17. The van der Waals surface area contributed by atoms with Crippen molar-refractivity contribution in [3.8, 4) is 11.5 Å². The number of benzene rings is 1. The van der Waals surface area contributed by atoms with E-state index in [0.717, 1.165) is 9.32 Å². The lowest BCUT2D eigenvalue weighted by Crippen LogP contribution is -2.15. The molecule has 0 aliphatic carbocycles. The van der Waals surface area contributed by atoms with E-state index in [-0.39, 0.29) is 5.78 Å². The van der Waals surface area contributed by atoms with Crippen LogP contribution in [0.1, 0.15) is 16.8 Å². The van der Waals surface area contributed by atoms with Gasteiger partial charge in [0.2, 0.25) is 0 Å². The number of ketones is 1. The van der Waals surface area contributed by atoms with Gasteiger partial charge in [0.1, 0.15) is 11.5 Å². The quantitative estimate of drug-likeness (QED) is 0.747. The lowest BCUT2D eigenvalue weighted by molar-refractivity contribution is 0.0933. The Bertz CT molecular complexity index is 387. The van der Waals surface area contributed by atoms with Crippen molar-refractivity contribution in [3.63, 3.8) is 0 Å². The van der Waals surface area contributed by atoms with Crippen molar-refractivity contribution in [1.82, 2.24) is 0 Å². The summed E-state index contributed by atoms with van der Waals surface area (Å²) in [6.07, 6.45) is 0.468. The highest BCUT2D eigenvalue weighted by molar-refractivity contribution is 14.1. The minimum absolute atomic E-state index is 0.145. The predicted octanol–water partition coefficient (Wildman–Crippen LogP) is 2.27. The number of halogens is 1. The summed E-state index contributed by atoms with van der Waals surface area (Å²) in [6, 6.07) is 3.59. The van der Waals surface area contributed by atoms with Crippen LogP contribution in [0.25, 0.3) is 0 Å². The number of ether oxygens (including phenoxy) is 2. The number of hydrogen-bond acceptors (Lipinski definition) is 3. The van der Waals surface area contributed by atoms with Gasteiger partial charge in [-0.3, -0.25) is 4.79 Å². The Hall–Kier alpha value is -0.780. The number of fused-ring (bicyclic) bond motifs is 1. The predicted molar refractivity (Wildman–Crippen MR) is 60.2 cm³/mol. The molecule has 3 nitrogen and oxygen atoms in total. The fraction of sp³-hybridized carbons (Fsp3) is 0.300. The Labute approximate surface area is 95.5 Å². The lowest BCUT2D eigenvalue weighted by Gasteiger charge is -2.17. The van der Waals surface area contributed by atoms with E-state index in [1.165, 1.54) is 0 Å². The van der Waals surface area contributed by atoms with E-state index in [0.29, 0.717) is 24.3 Å². The second kappa shape index (κ2) is 3.76. The molecule has 0 bridgehead atoms. The van der Waals surface area contributed by atoms with Gasteiger partial charge in [0.05, 0.1) is 22.9 Å². The minimum atomic E-state index is 0.145. The van der Waals surface area contributed by atoms with Crippen LogP contribution in [0, 0.1) is 3.57 Å². The van der Waals surface area contributed by atoms with E-state index in [1.807, 2.05) is 6.07 Å². The molecule has 1 aromatic rings. The SMILES string of the molecule is COc1cc2c(cc1I)C(=O)CCO2. The van der Waals surface area contributed by atoms with E-state index in [1.54, 1.807) is 13.2 Å². The van der Waals surface area contributed by atoms with Gasteiger partial charge in [0.15, 0.2) is 5.78 Å². The normalized spacial score (nSPS) is 14.6. The number of Topliss-reactive ketones (excluding diaryl/α,β-unsaturated/α-hetero) is 1. The van der Waals surface area contributed by atoms with Gasteiger partial charge in [-0.05, 0) is 28.7 Å². The number of carbonyl (C=O) groups is 1. The molecule has 14 heavy (non-hydrogen) atoms. The Morgan fingerprint density at radius 3 is 3.00 bits per heavy atom. The molecular formula is C10H9IO3. The Kier molecular flexibility index (Phi) is 2.62. The van der Waals surface area contributed by atoms with E-state index in [2.05, 4.69) is 22.6 Å². The largest absolute Gasteiger partial charge is 0.496 e. The molecule has 0 spiro atoms. The maximum Gasteiger partial charge on any atom is 0.170 e. The van der Waals surface area contributed by atoms with E-state index < -0.39 is 0 Å². The van der Waals surface area contributed by atoms with Crippen molar-refractivity contribution in [1.29, 1.82) is 0 Å². The van der Waals surface area contributed by atoms with Crippen LogP contribution in [0.3, 0.4) is 0 Å². The van der Waals surface area contributed by atoms with Gasteiger partial charge in [-0.25, -0.2) is 0 Å². The summed E-state index contributed by atoms with van der Waals surface area (Å²) in [6.45, 7) is 0.468. The van der Waals surface area contributed by atoms with Crippen molar-refractivity contribution in [2.45, 2.75) is 6.42 Å². The summed E-state index contributed by atoms with van der Waals surface area (Å²) in [5.41, 5.74) is 0.668. The number of hydrogen-bond donors (Lipinski definition) is 0. The zero-order chi connectivity index (χ0) is 10.1. The van der Waals surface area contributed by atoms with Crippen molar-refractivity contribution in [2.75, 3.05) is 13.7 Å². The molecule has 0 aromatic heterocycles. The Balaban J connectivity index is 2.54. The van der Waals surface area contributed by atoms with Gasteiger partial charge in [-0.2, -0.15) is 0 Å². The van der Waals surface area contributed by atoms with Gasteiger partial charge >= 0.3 is 0 Å². The minimum Gasteiger partial charge on any atom is -0.496 e. The molecule has 1 heterocycles. The molecule has 74 valence electrons. The maximum atomic E-state index is 11.5. The van der Waals surface area contributed by atoms with Crippen molar-refractivity contribution >= 4 is 28.4 Å². The van der Waals surface area contributed by atoms with Crippen LogP contribution in [-0.4, -0.2) is 19.5 Å². The van der Waals surface area contributed by atoms with Gasteiger partial charge in [-0.1, -0.05) is 0 Å². The molecule has 0 fully saturated rings. The van der Waals surface area contributed by atoms with Crippen LogP contribution in [0.2, 0.25) is 0 Å². The molecule has 0 N–H and O–H groups in total. The zero-order valence-corrected chi connectivity index (χ0v) is 9.83. The first kappa shape index (κ1) is 9.76. The summed E-state index contributed by atoms with van der Waals surface area (Å²) in [4.78, 5) is 11.5. The van der Waals surface area contributed by atoms with Gasteiger partial charge in [-0.15, -0.1) is 0 Å². The molecule has 0 radical (unpaired) electrons. The average Bonchev–Trinajstić information content (AvgIpc) is 2.19. The highest BCUT2D eigenvalue weighted by Gasteiger charge is 2.20. The lowest BCUT2D eigenvalue weighted by atomic mass is 10.1. The summed E-state index contributed by atoms with van der Waals surface area (Å²) < 4.78 is 11.5. The number of rotatable bonds is 1. The number of methoxy groups -OCH3 is 1. The van der Waals surface area contributed by atoms with Gasteiger partial charge in [0.25, 0.3) is 0 Å². The van der Waals surface area contributed by atoms with Crippen molar-refractivity contribution in [3.05, 3.63) is 21.3 Å². The van der Waals surface area contributed by atoms with Crippen LogP contribution >= 0.6 is 22.6 Å². The molecule has 1 aliphatic rings. The molecule has 0 saturated carbocycles. The molecule has 0 saturated heterocycles. The molecule has 0 unspecified atom stereocenters. The average molecular weight is 304 g/mol. The fourth-order valence-corrected chi connectivity index (χ4v) is 2.10. The van der Waals surface area contributed by atoms with Gasteiger partial charge < -0.3 is 9.47 Å². The summed E-state index contributed by atoms with van der Waals surface area (Å²) in [5, 5.41) is 0. The first-order valence-electron chi connectivity index (χ1n) is 4.26. The molecule has 1 aromatic carbocycles. The monoisotopic (exact) mass is 304 g/mol. The summed E-state index contributed by atoms with van der Waals surface area (Å²) >= 11 is 2.14. The molecular weight excluding hydrogens is 295 g/mol. The van der Waals surface area contributed by atoms with E-state index >= 15 is 0 Å². The fourth-order valence-electron chi connectivity index (χ4n) is 1.42. The van der Waals surface area contributed by atoms with E-state index in [9.17, 15) is 4.79 Å². The highest BCUT2D eigenvalue weighted by atomic mass is 127. The van der Waals surface area contributed by atoms with Crippen LogP contribution in [0.4, 0.5) is 0 Å². The first-order valence-corrected chi connectivity index (χ1v) is 5.34. The molecule has 4 heteroatoms. The van der Waals surface area contributed by atoms with Gasteiger partial charge in [0, 0.05) is 12.5 Å². The topological polar surface area (TPSA) is 35.5 Å². The smallest absolute Gasteiger partial charge is 0.170 e. The zero-order valence-electron chi connectivity index (χ0n) is 7.67. The standard InChI is InChI=1S/C10H9IO3/c1-13-10-5-9-6(4-7(10)11)8(12)2-3-14-9/h4-5H,2-3H2,1H3. The van der Waals surface area contributed by atoms with Crippen LogP contribution < -0.4 is 9.47 Å². The third-order valence-electron chi connectivity index (χ3n) is 2.14. The Morgan fingerprint density at radius 1 is 1.50 bits per heavy atom. The Morgan fingerprint density at radius 2 is 2.29 bits per heavy atom. The summed E-state index contributed by atoms with van der Waals surface area (Å²) in [7, 11) is 1.61. The summed E-state index contributed by atoms with van der Waals surface area (Å²) in [5.74, 6) is 1.53. The van der Waals surface area contributed by atoms with Crippen LogP contribution in [0.5, 0.6) is 11.5 Å². The van der Waals surface area contributed by atoms with Crippen molar-refractivity contribution < 1.29 is 14.3 Å². The molecule has 0 amide bonds. The molecule has 1 aliphatic heterocycles. The maximum absolute atomic E-state index is 11.5. The second-order valence-electron chi connectivity index (χ2n) is 3.00. The molecule has 2 rings (SSSR count). The van der Waals surface area contributed by atoms with Crippen molar-refractivity contribution in [2.24, 2.45) is 0 Å². The van der Waals surface area contributed by atoms with Crippen LogP contribution in [0.15, 0.2) is 12.1 Å². The van der Waals surface area contributed by atoms with E-state index in [4.69, 9.17) is 9.47 Å².